The quantitative estimate of drug-likeness (QED) is 0.427. The van der Waals surface area contributed by atoms with E-state index in [1.807, 2.05) is 60.7 Å². The molecular weight excluding hydrogens is 286 g/mol. The van der Waals surface area contributed by atoms with Gasteiger partial charge in [0.2, 0.25) is 5.90 Å². The minimum absolute atomic E-state index is 0.502. The van der Waals surface area contributed by atoms with Crippen LogP contribution in [0.2, 0.25) is 0 Å². The minimum atomic E-state index is 0.502. The van der Waals surface area contributed by atoms with E-state index in [0.717, 1.165) is 17.0 Å². The fourth-order valence-corrected chi connectivity index (χ4v) is 1.99. The van der Waals surface area contributed by atoms with Crippen molar-refractivity contribution in [2.45, 2.75) is 13.8 Å². The van der Waals surface area contributed by atoms with E-state index < -0.39 is 0 Å². The molecule has 3 heteroatoms. The Kier molecular flexibility index (Phi) is 6.42. The molecule has 23 heavy (non-hydrogen) atoms. The number of hydrogen-bond donors (Lipinski definition) is 0. The monoisotopic (exact) mass is 309 g/mol. The Morgan fingerprint density at radius 1 is 1.04 bits per heavy atom. The first-order chi connectivity index (χ1) is 11.2. The molecule has 2 rings (SSSR count). The van der Waals surface area contributed by atoms with Gasteiger partial charge in [0, 0.05) is 5.56 Å². The zero-order chi connectivity index (χ0) is 16.5. The summed E-state index contributed by atoms with van der Waals surface area (Å²) in [6.07, 6.45) is 4.15. The van der Waals surface area contributed by atoms with Crippen LogP contribution in [0.4, 0.5) is 5.69 Å². The van der Waals surface area contributed by atoms with Gasteiger partial charge in [-0.05, 0) is 42.3 Å². The Morgan fingerprint density at radius 3 is 2.35 bits per heavy atom. The Bertz CT molecular complexity index is 643. The van der Waals surface area contributed by atoms with Crippen molar-refractivity contribution < 1.29 is 9.47 Å². The number of rotatable bonds is 6. The number of aliphatic imine (C=N–C) groups is 1. The summed E-state index contributed by atoms with van der Waals surface area (Å²) in [7, 11) is 1.65. The maximum atomic E-state index is 5.87. The van der Waals surface area contributed by atoms with Crippen LogP contribution in [0.15, 0.2) is 71.7 Å². The smallest absolute Gasteiger partial charge is 0.221 e. The Morgan fingerprint density at radius 2 is 1.74 bits per heavy atom. The van der Waals surface area contributed by atoms with Gasteiger partial charge in [0.05, 0.1) is 12.8 Å². The predicted octanol–water partition coefficient (Wildman–Crippen LogP) is 5.00. The van der Waals surface area contributed by atoms with Crippen molar-refractivity contribution in [1.82, 2.24) is 0 Å². The molecule has 2 aromatic carbocycles. The van der Waals surface area contributed by atoms with E-state index in [1.54, 1.807) is 7.11 Å². The molecule has 3 nitrogen and oxygen atoms in total. The standard InChI is InChI=1S/C20H23NO2/c1-16(2)8-7-15-23-20(17-9-5-4-6-10-17)21-18-11-13-19(22-3)14-12-18/h4-14,16H,15H2,1-3H3/b8-7+,21-20?. The molecule has 0 unspecified atom stereocenters. The maximum absolute atomic E-state index is 5.87. The first-order valence-corrected chi connectivity index (χ1v) is 7.76. The summed E-state index contributed by atoms with van der Waals surface area (Å²) in [5.41, 5.74) is 1.79. The third kappa shape index (κ3) is 5.62. The molecule has 0 bridgehead atoms. The van der Waals surface area contributed by atoms with Crippen LogP contribution in [0.25, 0.3) is 0 Å². The summed E-state index contributed by atoms with van der Waals surface area (Å²) >= 11 is 0. The highest BCUT2D eigenvalue weighted by Crippen LogP contribution is 2.19. The van der Waals surface area contributed by atoms with Crippen LogP contribution in [0.1, 0.15) is 19.4 Å². The molecule has 0 aliphatic heterocycles. The van der Waals surface area contributed by atoms with Gasteiger partial charge in [-0.3, -0.25) is 0 Å². The van der Waals surface area contributed by atoms with Crippen molar-refractivity contribution in [3.05, 3.63) is 72.3 Å². The average Bonchev–Trinajstić information content (AvgIpc) is 2.58. The molecule has 120 valence electrons. The second-order valence-electron chi connectivity index (χ2n) is 5.46. The third-order valence-corrected chi connectivity index (χ3v) is 3.16. The number of ether oxygens (including phenoxy) is 2. The molecule has 0 aliphatic carbocycles. The lowest BCUT2D eigenvalue weighted by Gasteiger charge is -2.08. The summed E-state index contributed by atoms with van der Waals surface area (Å²) in [5, 5.41) is 0. The molecule has 0 saturated heterocycles. The second-order valence-corrected chi connectivity index (χ2v) is 5.46. The normalized spacial score (nSPS) is 11.9. The molecule has 0 heterocycles. The molecule has 0 radical (unpaired) electrons. The summed E-state index contributed by atoms with van der Waals surface area (Å²) < 4.78 is 11.0. The van der Waals surface area contributed by atoms with E-state index in [4.69, 9.17) is 9.47 Å². The average molecular weight is 309 g/mol. The van der Waals surface area contributed by atoms with Gasteiger partial charge in [-0.15, -0.1) is 0 Å². The zero-order valence-electron chi connectivity index (χ0n) is 13.9. The Balaban J connectivity index is 2.19. The van der Waals surface area contributed by atoms with Gasteiger partial charge < -0.3 is 9.47 Å². The van der Waals surface area contributed by atoms with Gasteiger partial charge in [-0.25, -0.2) is 4.99 Å². The lowest BCUT2D eigenvalue weighted by molar-refractivity contribution is 0.351. The number of hydrogen-bond acceptors (Lipinski definition) is 3. The highest BCUT2D eigenvalue weighted by molar-refractivity contribution is 5.95. The summed E-state index contributed by atoms with van der Waals surface area (Å²) in [6, 6.07) is 17.5. The van der Waals surface area contributed by atoms with E-state index in [2.05, 4.69) is 24.9 Å². The van der Waals surface area contributed by atoms with Crippen molar-refractivity contribution >= 4 is 11.6 Å². The Hall–Kier alpha value is -2.55. The maximum Gasteiger partial charge on any atom is 0.221 e. The Labute approximate surface area is 138 Å². The van der Waals surface area contributed by atoms with Crippen molar-refractivity contribution in [2.75, 3.05) is 13.7 Å². The number of methoxy groups -OCH3 is 1. The van der Waals surface area contributed by atoms with Crippen LogP contribution >= 0.6 is 0 Å². The number of allylic oxidation sites excluding steroid dienone is 1. The molecule has 0 fully saturated rings. The predicted molar refractivity (Wildman–Crippen MR) is 95.6 cm³/mol. The van der Waals surface area contributed by atoms with Gasteiger partial charge in [-0.1, -0.05) is 44.2 Å². The molecular formula is C20H23NO2. The highest BCUT2D eigenvalue weighted by atomic mass is 16.5. The van der Waals surface area contributed by atoms with Gasteiger partial charge in [0.15, 0.2) is 0 Å². The lowest BCUT2D eigenvalue weighted by Crippen LogP contribution is -2.06. The minimum Gasteiger partial charge on any atom is -0.497 e. The van der Waals surface area contributed by atoms with E-state index in [0.29, 0.717) is 18.4 Å². The van der Waals surface area contributed by atoms with Crippen molar-refractivity contribution in [2.24, 2.45) is 10.9 Å². The molecule has 0 N–H and O–H groups in total. The molecule has 0 spiro atoms. The topological polar surface area (TPSA) is 30.8 Å². The summed E-state index contributed by atoms with van der Waals surface area (Å²) in [4.78, 5) is 4.63. The molecule has 0 aromatic heterocycles. The van der Waals surface area contributed by atoms with E-state index >= 15 is 0 Å². The molecule has 0 aliphatic rings. The molecule has 0 saturated carbocycles. The fraction of sp³-hybridized carbons (Fsp3) is 0.250. The molecule has 0 atom stereocenters. The SMILES string of the molecule is COc1ccc(N=C(OC/C=C/C(C)C)c2ccccc2)cc1. The van der Waals surface area contributed by atoms with Gasteiger partial charge in [-0.2, -0.15) is 0 Å². The van der Waals surface area contributed by atoms with Gasteiger partial charge in [0.25, 0.3) is 0 Å². The van der Waals surface area contributed by atoms with Crippen LogP contribution in [-0.4, -0.2) is 19.6 Å². The third-order valence-electron chi connectivity index (χ3n) is 3.16. The summed E-state index contributed by atoms with van der Waals surface area (Å²) in [6.45, 7) is 4.78. The first kappa shape index (κ1) is 16.8. The van der Waals surface area contributed by atoms with Crippen LogP contribution in [0, 0.1) is 5.92 Å². The van der Waals surface area contributed by atoms with Crippen LogP contribution in [0.3, 0.4) is 0 Å². The van der Waals surface area contributed by atoms with E-state index in [-0.39, 0.29) is 0 Å². The van der Waals surface area contributed by atoms with E-state index in [9.17, 15) is 0 Å². The fourth-order valence-electron chi connectivity index (χ4n) is 1.99. The lowest BCUT2D eigenvalue weighted by atomic mass is 10.2. The number of nitrogens with zero attached hydrogens (tertiary/aromatic N) is 1. The molecule has 0 amide bonds. The van der Waals surface area contributed by atoms with Crippen LogP contribution < -0.4 is 4.74 Å². The van der Waals surface area contributed by atoms with Crippen LogP contribution in [0.5, 0.6) is 5.75 Å². The highest BCUT2D eigenvalue weighted by Gasteiger charge is 2.04. The van der Waals surface area contributed by atoms with Crippen molar-refractivity contribution in [3.63, 3.8) is 0 Å². The number of benzene rings is 2. The van der Waals surface area contributed by atoms with Crippen molar-refractivity contribution in [3.8, 4) is 5.75 Å². The summed E-state index contributed by atoms with van der Waals surface area (Å²) in [5.74, 6) is 1.94. The van der Waals surface area contributed by atoms with Gasteiger partial charge >= 0.3 is 0 Å². The van der Waals surface area contributed by atoms with Gasteiger partial charge in [0.1, 0.15) is 12.4 Å². The second kappa shape index (κ2) is 8.79. The van der Waals surface area contributed by atoms with Crippen LogP contribution in [-0.2, 0) is 4.74 Å². The first-order valence-electron chi connectivity index (χ1n) is 7.76. The van der Waals surface area contributed by atoms with E-state index in [1.165, 1.54) is 0 Å². The molecule has 2 aromatic rings. The largest absolute Gasteiger partial charge is 0.497 e. The van der Waals surface area contributed by atoms with Crippen molar-refractivity contribution in [1.29, 1.82) is 0 Å². The zero-order valence-corrected chi connectivity index (χ0v) is 13.9.